The van der Waals surface area contributed by atoms with E-state index in [9.17, 15) is 10.1 Å². The first-order valence-electron chi connectivity index (χ1n) is 6.01. The van der Waals surface area contributed by atoms with Crippen molar-refractivity contribution in [1.29, 1.82) is 0 Å². The smallest absolute Gasteiger partial charge is 0.270 e. The molecule has 0 spiro atoms. The highest BCUT2D eigenvalue weighted by Crippen LogP contribution is 2.28. The lowest BCUT2D eigenvalue weighted by Gasteiger charge is -2.11. The van der Waals surface area contributed by atoms with Crippen molar-refractivity contribution in [2.45, 2.75) is 6.54 Å². The first-order chi connectivity index (χ1) is 10.0. The molecule has 0 heterocycles. The summed E-state index contributed by atoms with van der Waals surface area (Å²) in [6.07, 6.45) is 0. The van der Waals surface area contributed by atoms with Crippen molar-refractivity contribution in [2.24, 2.45) is 0 Å². The van der Waals surface area contributed by atoms with Crippen molar-refractivity contribution >= 4 is 34.6 Å². The third-order valence-electron chi connectivity index (χ3n) is 2.88. The number of nitro benzene ring substituents is 1. The molecule has 0 aromatic heterocycles. The lowest BCUT2D eigenvalue weighted by atomic mass is 10.1. The number of methoxy groups -OCH3 is 1. The van der Waals surface area contributed by atoms with Gasteiger partial charge in [-0.2, -0.15) is 0 Å². The minimum atomic E-state index is -0.446. The van der Waals surface area contributed by atoms with Gasteiger partial charge in [0.2, 0.25) is 0 Å². The van der Waals surface area contributed by atoms with Crippen molar-refractivity contribution in [3.63, 3.8) is 0 Å². The molecule has 0 fully saturated rings. The first-order valence-corrected chi connectivity index (χ1v) is 6.77. The van der Waals surface area contributed by atoms with E-state index in [-0.39, 0.29) is 5.69 Å². The van der Waals surface area contributed by atoms with Crippen LogP contribution in [0.2, 0.25) is 10.0 Å². The summed E-state index contributed by atoms with van der Waals surface area (Å²) in [7, 11) is 1.51. The molecule has 0 aliphatic heterocycles. The van der Waals surface area contributed by atoms with Gasteiger partial charge in [0.05, 0.1) is 22.7 Å². The van der Waals surface area contributed by atoms with E-state index in [1.807, 2.05) is 0 Å². The van der Waals surface area contributed by atoms with E-state index in [0.29, 0.717) is 33.6 Å². The number of ether oxygens (including phenoxy) is 1. The molecule has 0 saturated carbocycles. The molecule has 2 rings (SSSR count). The van der Waals surface area contributed by atoms with Gasteiger partial charge in [-0.3, -0.25) is 10.1 Å². The van der Waals surface area contributed by atoms with Gasteiger partial charge in [-0.25, -0.2) is 0 Å². The number of anilines is 1. The molecule has 2 aromatic rings. The van der Waals surface area contributed by atoms with E-state index < -0.39 is 4.92 Å². The van der Waals surface area contributed by atoms with Crippen molar-refractivity contribution in [3.05, 3.63) is 62.1 Å². The van der Waals surface area contributed by atoms with Gasteiger partial charge in [-0.15, -0.1) is 0 Å². The standard InChI is InChI=1S/C14H12Cl2N2O3/c1-21-14-5-3-11(18(19)20)6-9(14)8-17-13-4-2-10(15)7-12(13)16/h2-7,17H,8H2,1H3. The lowest BCUT2D eigenvalue weighted by molar-refractivity contribution is -0.384. The summed E-state index contributed by atoms with van der Waals surface area (Å²) < 4.78 is 5.20. The molecule has 0 aliphatic carbocycles. The molecule has 2 aromatic carbocycles. The van der Waals surface area contributed by atoms with Crippen LogP contribution in [-0.4, -0.2) is 12.0 Å². The van der Waals surface area contributed by atoms with Crippen LogP contribution in [0.15, 0.2) is 36.4 Å². The van der Waals surface area contributed by atoms with Gasteiger partial charge in [0.1, 0.15) is 5.75 Å². The third-order valence-corrected chi connectivity index (χ3v) is 3.42. The maximum absolute atomic E-state index is 10.8. The van der Waals surface area contributed by atoms with E-state index >= 15 is 0 Å². The van der Waals surface area contributed by atoms with Crippen molar-refractivity contribution in [3.8, 4) is 5.75 Å². The average molecular weight is 327 g/mol. The van der Waals surface area contributed by atoms with Crippen molar-refractivity contribution in [2.75, 3.05) is 12.4 Å². The Morgan fingerprint density at radius 3 is 2.62 bits per heavy atom. The minimum absolute atomic E-state index is 0.00908. The molecule has 0 atom stereocenters. The van der Waals surface area contributed by atoms with Gasteiger partial charge in [-0.1, -0.05) is 23.2 Å². The maximum Gasteiger partial charge on any atom is 0.270 e. The Morgan fingerprint density at radius 1 is 1.24 bits per heavy atom. The van der Waals surface area contributed by atoms with E-state index in [1.54, 1.807) is 24.3 Å². The number of nitro groups is 1. The monoisotopic (exact) mass is 326 g/mol. The highest BCUT2D eigenvalue weighted by Gasteiger charge is 2.11. The number of rotatable bonds is 5. The molecule has 0 unspecified atom stereocenters. The van der Waals surface area contributed by atoms with Gasteiger partial charge in [-0.05, 0) is 24.3 Å². The number of halogens is 2. The summed E-state index contributed by atoms with van der Waals surface area (Å²) in [5.41, 5.74) is 1.36. The molecule has 110 valence electrons. The zero-order valence-corrected chi connectivity index (χ0v) is 12.6. The van der Waals surface area contributed by atoms with Crippen LogP contribution in [0.4, 0.5) is 11.4 Å². The predicted molar refractivity (Wildman–Crippen MR) is 83.4 cm³/mol. The summed E-state index contributed by atoms with van der Waals surface area (Å²) in [6.45, 7) is 0.339. The fraction of sp³-hybridized carbons (Fsp3) is 0.143. The van der Waals surface area contributed by atoms with E-state index in [0.717, 1.165) is 0 Å². The average Bonchev–Trinajstić information content (AvgIpc) is 2.46. The molecule has 0 amide bonds. The SMILES string of the molecule is COc1ccc([N+](=O)[O-])cc1CNc1ccc(Cl)cc1Cl. The second-order valence-corrected chi connectivity index (χ2v) is 5.07. The molecule has 5 nitrogen and oxygen atoms in total. The molecule has 1 N–H and O–H groups in total. The van der Waals surface area contributed by atoms with Crippen LogP contribution >= 0.6 is 23.2 Å². The molecule has 0 aliphatic rings. The molecule has 0 saturated heterocycles. The largest absolute Gasteiger partial charge is 0.496 e. The maximum atomic E-state index is 10.8. The lowest BCUT2D eigenvalue weighted by Crippen LogP contribution is -2.03. The Balaban J connectivity index is 2.22. The van der Waals surface area contributed by atoms with Crippen molar-refractivity contribution in [1.82, 2.24) is 0 Å². The molecule has 21 heavy (non-hydrogen) atoms. The Hall–Kier alpha value is -1.98. The number of nitrogens with zero attached hydrogens (tertiary/aromatic N) is 1. The fourth-order valence-corrected chi connectivity index (χ4v) is 2.32. The van der Waals surface area contributed by atoms with Gasteiger partial charge >= 0.3 is 0 Å². The quantitative estimate of drug-likeness (QED) is 0.648. The van der Waals surface area contributed by atoms with Crippen LogP contribution < -0.4 is 10.1 Å². The first kappa shape index (κ1) is 15.4. The predicted octanol–water partition coefficient (Wildman–Crippen LogP) is 4.52. The summed E-state index contributed by atoms with van der Waals surface area (Å²) in [5.74, 6) is 0.568. The van der Waals surface area contributed by atoms with Crippen LogP contribution in [0, 0.1) is 10.1 Å². The molecule has 0 radical (unpaired) electrons. The molecular weight excluding hydrogens is 315 g/mol. The fourth-order valence-electron chi connectivity index (χ4n) is 1.84. The zero-order valence-electron chi connectivity index (χ0n) is 11.1. The van der Waals surface area contributed by atoms with Gasteiger partial charge < -0.3 is 10.1 Å². The topological polar surface area (TPSA) is 64.4 Å². The number of non-ortho nitro benzene ring substituents is 1. The van der Waals surface area contributed by atoms with Crippen LogP contribution in [0.3, 0.4) is 0 Å². The van der Waals surface area contributed by atoms with Crippen LogP contribution in [0.25, 0.3) is 0 Å². The second-order valence-electron chi connectivity index (χ2n) is 4.23. The van der Waals surface area contributed by atoms with Gasteiger partial charge in [0, 0.05) is 29.3 Å². The van der Waals surface area contributed by atoms with Crippen molar-refractivity contribution < 1.29 is 9.66 Å². The molecule has 0 bridgehead atoms. The van der Waals surface area contributed by atoms with Crippen LogP contribution in [0.5, 0.6) is 5.75 Å². The molecular formula is C14H12Cl2N2O3. The number of nitrogens with one attached hydrogen (secondary N) is 1. The highest BCUT2D eigenvalue weighted by atomic mass is 35.5. The minimum Gasteiger partial charge on any atom is -0.496 e. The van der Waals surface area contributed by atoms with Crippen LogP contribution in [-0.2, 0) is 6.54 Å². The number of hydrogen-bond donors (Lipinski definition) is 1. The van der Waals surface area contributed by atoms with E-state index in [4.69, 9.17) is 27.9 Å². The summed E-state index contributed by atoms with van der Waals surface area (Å²) >= 11 is 11.9. The summed E-state index contributed by atoms with van der Waals surface area (Å²) in [6, 6.07) is 9.51. The van der Waals surface area contributed by atoms with Gasteiger partial charge in [0.25, 0.3) is 5.69 Å². The Kier molecular flexibility index (Phi) is 4.88. The summed E-state index contributed by atoms with van der Waals surface area (Å²) in [4.78, 5) is 10.4. The van der Waals surface area contributed by atoms with Crippen LogP contribution in [0.1, 0.15) is 5.56 Å². The normalized spacial score (nSPS) is 10.2. The van der Waals surface area contributed by atoms with E-state index in [2.05, 4.69) is 5.32 Å². The summed E-state index contributed by atoms with van der Waals surface area (Å²) in [5, 5.41) is 15.0. The third kappa shape index (κ3) is 3.77. The van der Waals surface area contributed by atoms with Gasteiger partial charge in [0.15, 0.2) is 0 Å². The number of benzene rings is 2. The Morgan fingerprint density at radius 2 is 2.00 bits per heavy atom. The molecule has 7 heteroatoms. The Bertz CT molecular complexity index is 677. The number of hydrogen-bond acceptors (Lipinski definition) is 4. The zero-order chi connectivity index (χ0) is 15.4. The van der Waals surface area contributed by atoms with E-state index in [1.165, 1.54) is 19.2 Å². The Labute approximate surface area is 131 Å². The second kappa shape index (κ2) is 6.65. The highest BCUT2D eigenvalue weighted by molar-refractivity contribution is 6.36.